The van der Waals surface area contributed by atoms with E-state index >= 15 is 0 Å². The van der Waals surface area contributed by atoms with E-state index < -0.39 is 30.1 Å². The van der Waals surface area contributed by atoms with Gasteiger partial charge in [-0.15, -0.1) is 0 Å². The summed E-state index contributed by atoms with van der Waals surface area (Å²) < 4.78 is 55.9. The van der Waals surface area contributed by atoms with E-state index in [1.165, 1.54) is 20.9 Å². The molecule has 0 bridgehead atoms. The van der Waals surface area contributed by atoms with Gasteiger partial charge in [-0.2, -0.15) is 13.2 Å². The Labute approximate surface area is 567 Å². The van der Waals surface area contributed by atoms with Crippen LogP contribution < -0.4 is 64.2 Å². The molecule has 0 aromatic heterocycles. The molecule has 94 heavy (non-hydrogen) atoms. The number of aliphatic carboxylic acids is 2. The van der Waals surface area contributed by atoms with Crippen LogP contribution in [0.25, 0.3) is 0 Å². The first-order chi connectivity index (χ1) is 43.9. The van der Waals surface area contributed by atoms with Crippen molar-refractivity contribution in [2.24, 2.45) is 11.8 Å². The molecule has 28 heteroatoms. The number of fused-ring (bicyclic) bond motifs is 2. The van der Waals surface area contributed by atoms with Crippen molar-refractivity contribution in [1.82, 2.24) is 25.3 Å². The van der Waals surface area contributed by atoms with Gasteiger partial charge in [0.1, 0.15) is 36.2 Å². The second kappa shape index (κ2) is 39.1. The number of rotatable bonds is 18. The summed E-state index contributed by atoms with van der Waals surface area (Å²) >= 11 is 0. The number of carboxylic acids is 2. The fraction of sp³-hybridized carbons (Fsp3) is 0.485. The number of ketones is 1. The van der Waals surface area contributed by atoms with Gasteiger partial charge in [0, 0.05) is 89.8 Å². The van der Waals surface area contributed by atoms with Gasteiger partial charge in [0.15, 0.2) is 5.78 Å². The number of nitrogens with one attached hydrogen (secondary N) is 2. The Kier molecular flexibility index (Phi) is 32.7. The zero-order valence-electron chi connectivity index (χ0n) is 53.6. The second-order valence-corrected chi connectivity index (χ2v) is 22.5. The van der Waals surface area contributed by atoms with Crippen LogP contribution in [0.2, 0.25) is 0 Å². The molecule has 5 amide bonds. The average Bonchev–Trinajstić information content (AvgIpc) is 1.60. The zero-order chi connectivity index (χ0) is 66.9. The number of alkyl halides is 3. The number of Topliss-reactive ketones (excluding diaryl/α,β-unsaturated/α-hetero) is 1. The van der Waals surface area contributed by atoms with Gasteiger partial charge < -0.3 is 49.5 Å². The van der Waals surface area contributed by atoms with Crippen molar-refractivity contribution in [1.29, 1.82) is 0 Å². The predicted octanol–water partition coefficient (Wildman–Crippen LogP) is 3.29. The largest absolute Gasteiger partial charge is 1.00 e. The first-order valence-corrected chi connectivity index (χ1v) is 30.6. The van der Waals surface area contributed by atoms with Crippen molar-refractivity contribution in [3.8, 4) is 23.0 Å². The van der Waals surface area contributed by atoms with Crippen LogP contribution in [0.5, 0.6) is 23.0 Å². The minimum Gasteiger partial charge on any atom is -0.550 e. The van der Waals surface area contributed by atoms with Crippen molar-refractivity contribution >= 4 is 67.6 Å². The van der Waals surface area contributed by atoms with Gasteiger partial charge >= 0.3 is 53.6 Å². The van der Waals surface area contributed by atoms with E-state index in [0.717, 1.165) is 132 Å². The molecule has 5 aliphatic heterocycles. The minimum atomic E-state index is -5.08. The molecule has 4 saturated heterocycles. The molecule has 0 spiro atoms. The van der Waals surface area contributed by atoms with E-state index in [1.54, 1.807) is 0 Å². The quantitative estimate of drug-likeness (QED) is 0.0557. The molecule has 0 unspecified atom stereocenters. The average molecular weight is 1320 g/mol. The normalized spacial score (nSPS) is 18.9. The zero-order valence-corrected chi connectivity index (χ0v) is 55.6. The Hall–Kier alpha value is -7.85. The maximum absolute atomic E-state index is 12.1. The fourth-order valence-corrected chi connectivity index (χ4v) is 11.3. The summed E-state index contributed by atoms with van der Waals surface area (Å²) in [5.41, 5.74) is 6.19. The Bertz CT molecular complexity index is 3180. The third kappa shape index (κ3) is 25.1. The van der Waals surface area contributed by atoms with Crippen LogP contribution in [0.3, 0.4) is 0 Å². The number of carbonyl (C=O) groups is 10. The predicted molar refractivity (Wildman–Crippen MR) is 328 cm³/mol. The number of halogens is 3. The molecular weight excluding hydrogens is 1240 g/mol. The summed E-state index contributed by atoms with van der Waals surface area (Å²) in [6, 6.07) is 28.1. The Morgan fingerprint density at radius 3 is 1.47 bits per heavy atom. The standard InChI is InChI=1S/C30H37N3O5.C28H32N2O5.C4H6O4.C2HF3O2.C2H4O2.B.Na/c1-2-13-32-14-11-23(20-38-25-8-5-22-19-31-30(36)27(22)18-25)26(12-15-32)21-3-6-24(7-4-21)37-17-16-33-28(34)9-10-29(33)35;31-26-8-4-20-3-7-23(17-25(20)26)35-18-21-11-13-29-14-12-24(21)19-1-5-22(6-2-19)34-16-15-30-27(32)9-10-28(30)33;1-3(5)7-8-4(2)6;3-2(4,5)1(6)7;1-2(3)4;;/h3-8,18,23,26H,2,9-17,19-20H2,1H3,(H,31,36);1-3,5-7,17,21,24,29H,4,8-16,18H2;1-2H3;(H,6,7);1H3,(H,3,4);;/q;;;;;;+1/p-1/t23-,26-;21-,24-;;;;;/m10...../s1. The molecular formula is C66H79BF3N5NaO18. The third-order valence-electron chi connectivity index (χ3n) is 15.9. The van der Waals surface area contributed by atoms with E-state index in [9.17, 15) is 51.5 Å². The Morgan fingerprint density at radius 2 is 1.00 bits per heavy atom. The molecule has 6 aliphatic rings. The number of imide groups is 2. The van der Waals surface area contributed by atoms with Crippen molar-refractivity contribution in [2.75, 3.05) is 72.2 Å². The topological polar surface area (TPSA) is 303 Å². The second-order valence-electron chi connectivity index (χ2n) is 22.5. The summed E-state index contributed by atoms with van der Waals surface area (Å²) in [5, 5.41) is 22.4. The smallest absolute Gasteiger partial charge is 0.550 e. The van der Waals surface area contributed by atoms with Gasteiger partial charge in [-0.3, -0.25) is 38.6 Å². The molecule has 3 N–H and O–H groups in total. The van der Waals surface area contributed by atoms with Crippen LogP contribution in [0, 0.1) is 11.8 Å². The van der Waals surface area contributed by atoms with Crippen molar-refractivity contribution in [3.63, 3.8) is 0 Å². The number of amides is 5. The van der Waals surface area contributed by atoms with Crippen molar-refractivity contribution < 1.29 is 130 Å². The monoisotopic (exact) mass is 1320 g/mol. The van der Waals surface area contributed by atoms with Crippen molar-refractivity contribution in [3.05, 3.63) is 118 Å². The number of ether oxygens (including phenoxy) is 4. The van der Waals surface area contributed by atoms with Gasteiger partial charge in [0.05, 0.1) is 26.3 Å². The Balaban J connectivity index is 0.000000309. The molecule has 5 heterocycles. The van der Waals surface area contributed by atoms with Gasteiger partial charge in [-0.1, -0.05) is 43.3 Å². The molecule has 10 rings (SSSR count). The van der Waals surface area contributed by atoms with E-state index in [1.807, 2.05) is 60.7 Å². The maximum Gasteiger partial charge on any atom is 1.00 e. The van der Waals surface area contributed by atoms with Gasteiger partial charge in [0.25, 0.3) is 5.91 Å². The molecule has 4 aromatic rings. The first-order valence-electron chi connectivity index (χ1n) is 30.6. The fourth-order valence-electron chi connectivity index (χ4n) is 11.3. The van der Waals surface area contributed by atoms with Gasteiger partial charge in [-0.05, 0) is 161 Å². The van der Waals surface area contributed by atoms with E-state index in [4.69, 9.17) is 38.7 Å². The van der Waals surface area contributed by atoms with E-state index in [0.29, 0.717) is 107 Å². The van der Waals surface area contributed by atoms with Crippen molar-refractivity contribution in [2.45, 2.75) is 123 Å². The number of carbonyl (C=O) groups excluding carboxylic acids is 9. The molecule has 3 radical (unpaired) electrons. The number of nitrogens with zero attached hydrogens (tertiary/aromatic N) is 3. The van der Waals surface area contributed by atoms with Crippen LogP contribution in [0.4, 0.5) is 13.2 Å². The number of carboxylic acid groups (broad SMARTS) is 2. The summed E-state index contributed by atoms with van der Waals surface area (Å²) in [4.78, 5) is 121. The number of hydrogen-bond donors (Lipinski definition) is 3. The van der Waals surface area contributed by atoms with Crippen LogP contribution in [0.15, 0.2) is 84.9 Å². The van der Waals surface area contributed by atoms with Crippen LogP contribution in [-0.2, 0) is 61.1 Å². The number of aryl methyl sites for hydroxylation is 1. The van der Waals surface area contributed by atoms with Crippen LogP contribution in [-0.4, -0.2) is 166 Å². The van der Waals surface area contributed by atoms with Gasteiger partial charge in [-0.25, -0.2) is 24.2 Å². The minimum absolute atomic E-state index is 0. The summed E-state index contributed by atoms with van der Waals surface area (Å²) in [6.45, 7) is 13.6. The summed E-state index contributed by atoms with van der Waals surface area (Å²) in [7, 11) is 0. The van der Waals surface area contributed by atoms with E-state index in [-0.39, 0.29) is 73.3 Å². The Morgan fingerprint density at radius 1 is 0.574 bits per heavy atom. The first kappa shape index (κ1) is 78.6. The molecule has 0 saturated carbocycles. The van der Waals surface area contributed by atoms with Crippen LogP contribution >= 0.6 is 0 Å². The molecule has 4 atom stereocenters. The molecule has 23 nitrogen and oxygen atoms in total. The number of hydrogen-bond acceptors (Lipinski definition) is 19. The number of benzene rings is 4. The molecule has 4 fully saturated rings. The van der Waals surface area contributed by atoms with E-state index in [2.05, 4.69) is 56.5 Å². The van der Waals surface area contributed by atoms with Crippen LogP contribution in [0.1, 0.15) is 147 Å². The molecule has 1 aliphatic carbocycles. The maximum atomic E-state index is 12.1. The SMILES string of the molecule is CC(=O)OOC(C)=O.CC(=O)[O-].CCCN1CC[C@H](COc2ccc3c(c2)C(=O)NC3)[C@@H](c2ccc(OCCN3C(=O)CCC3=O)cc2)CC1.O=C(O)C(F)(F)F.O=C1CCc2ccc(OC[C@@H]3CCNCC[C@H]3c3ccc(OCCN4C(=O)CCC4=O)cc3)cc21.[B].[Na+]. The van der Waals surface area contributed by atoms with Gasteiger partial charge in [0.2, 0.25) is 23.6 Å². The molecule has 501 valence electrons. The summed E-state index contributed by atoms with van der Waals surface area (Å²) in [6.07, 6.45) is 2.85. The molecule has 4 aromatic carbocycles. The summed E-state index contributed by atoms with van der Waals surface area (Å²) in [5.74, 6) is -1.01. The number of likely N-dealkylation sites (tertiary alicyclic amines) is 3. The third-order valence-corrected chi connectivity index (χ3v) is 15.9.